The summed E-state index contributed by atoms with van der Waals surface area (Å²) < 4.78 is 0. The molecule has 1 aromatic carbocycles. The average molecular weight is 175 g/mol. The van der Waals surface area contributed by atoms with E-state index in [-0.39, 0.29) is 0 Å². The SMILES string of the molecule is CCc1cc2c(c(N)c1C)CCC2. The van der Waals surface area contributed by atoms with Gasteiger partial charge in [-0.2, -0.15) is 0 Å². The van der Waals surface area contributed by atoms with Crippen molar-refractivity contribution in [3.63, 3.8) is 0 Å². The van der Waals surface area contributed by atoms with Crippen molar-refractivity contribution in [1.82, 2.24) is 0 Å². The van der Waals surface area contributed by atoms with Crippen LogP contribution in [0, 0.1) is 6.92 Å². The third-order valence-corrected chi connectivity index (χ3v) is 3.20. The Kier molecular flexibility index (Phi) is 2.03. The highest BCUT2D eigenvalue weighted by atomic mass is 14.6. The summed E-state index contributed by atoms with van der Waals surface area (Å²) in [5, 5.41) is 0. The van der Waals surface area contributed by atoms with Crippen LogP contribution in [0.15, 0.2) is 6.07 Å². The molecule has 0 saturated heterocycles. The van der Waals surface area contributed by atoms with Crippen LogP contribution in [0.2, 0.25) is 0 Å². The van der Waals surface area contributed by atoms with Crippen molar-refractivity contribution in [1.29, 1.82) is 0 Å². The van der Waals surface area contributed by atoms with Crippen molar-refractivity contribution in [3.05, 3.63) is 28.3 Å². The molecule has 0 fully saturated rings. The molecule has 1 aliphatic rings. The molecule has 1 heteroatoms. The van der Waals surface area contributed by atoms with Gasteiger partial charge in [-0.05, 0) is 54.9 Å². The molecular formula is C12H17N. The zero-order valence-corrected chi connectivity index (χ0v) is 8.48. The van der Waals surface area contributed by atoms with Crippen molar-refractivity contribution in [3.8, 4) is 0 Å². The molecule has 1 aliphatic carbocycles. The van der Waals surface area contributed by atoms with Gasteiger partial charge in [-0.3, -0.25) is 0 Å². The molecule has 0 amide bonds. The van der Waals surface area contributed by atoms with E-state index >= 15 is 0 Å². The fourth-order valence-electron chi connectivity index (χ4n) is 2.32. The number of aryl methyl sites for hydroxylation is 2. The van der Waals surface area contributed by atoms with E-state index in [9.17, 15) is 0 Å². The predicted octanol–water partition coefficient (Wildman–Crippen LogP) is 2.63. The summed E-state index contributed by atoms with van der Waals surface area (Å²) in [7, 11) is 0. The first kappa shape index (κ1) is 8.61. The van der Waals surface area contributed by atoms with Crippen LogP contribution in [0.3, 0.4) is 0 Å². The van der Waals surface area contributed by atoms with Gasteiger partial charge in [-0.1, -0.05) is 13.0 Å². The maximum absolute atomic E-state index is 6.11. The smallest absolute Gasteiger partial charge is 0.0381 e. The van der Waals surface area contributed by atoms with E-state index in [0.29, 0.717) is 0 Å². The highest BCUT2D eigenvalue weighted by molar-refractivity contribution is 5.61. The summed E-state index contributed by atoms with van der Waals surface area (Å²) in [4.78, 5) is 0. The molecule has 0 bridgehead atoms. The van der Waals surface area contributed by atoms with Crippen LogP contribution in [-0.4, -0.2) is 0 Å². The van der Waals surface area contributed by atoms with Crippen molar-refractivity contribution in [2.45, 2.75) is 39.5 Å². The van der Waals surface area contributed by atoms with Crippen LogP contribution in [0.4, 0.5) is 5.69 Å². The minimum absolute atomic E-state index is 1.06. The molecule has 13 heavy (non-hydrogen) atoms. The molecule has 0 spiro atoms. The van der Waals surface area contributed by atoms with Gasteiger partial charge < -0.3 is 5.73 Å². The number of fused-ring (bicyclic) bond motifs is 1. The Bertz CT molecular complexity index is 339. The minimum Gasteiger partial charge on any atom is -0.398 e. The van der Waals surface area contributed by atoms with Crippen molar-refractivity contribution in [2.24, 2.45) is 0 Å². The van der Waals surface area contributed by atoms with Gasteiger partial charge in [0.05, 0.1) is 0 Å². The van der Waals surface area contributed by atoms with Gasteiger partial charge in [-0.15, -0.1) is 0 Å². The number of benzene rings is 1. The van der Waals surface area contributed by atoms with Gasteiger partial charge in [0.2, 0.25) is 0 Å². The number of nitrogens with two attached hydrogens (primary N) is 1. The highest BCUT2D eigenvalue weighted by Gasteiger charge is 2.16. The van der Waals surface area contributed by atoms with Crippen LogP contribution >= 0.6 is 0 Å². The lowest BCUT2D eigenvalue weighted by Crippen LogP contribution is -2.00. The zero-order chi connectivity index (χ0) is 9.42. The summed E-state index contributed by atoms with van der Waals surface area (Å²) in [5.74, 6) is 0. The number of anilines is 1. The van der Waals surface area contributed by atoms with E-state index < -0.39 is 0 Å². The minimum atomic E-state index is 1.06. The number of nitrogen functional groups attached to an aromatic ring is 1. The Morgan fingerprint density at radius 2 is 2.15 bits per heavy atom. The topological polar surface area (TPSA) is 26.0 Å². The van der Waals surface area contributed by atoms with Gasteiger partial charge >= 0.3 is 0 Å². The highest BCUT2D eigenvalue weighted by Crippen LogP contribution is 2.32. The Morgan fingerprint density at radius 1 is 1.38 bits per heavy atom. The first-order valence-corrected chi connectivity index (χ1v) is 5.13. The molecule has 0 aliphatic heterocycles. The molecular weight excluding hydrogens is 158 g/mol. The molecule has 0 unspecified atom stereocenters. The monoisotopic (exact) mass is 175 g/mol. The molecule has 70 valence electrons. The molecule has 1 nitrogen and oxygen atoms in total. The Hall–Kier alpha value is -0.980. The van der Waals surface area contributed by atoms with Gasteiger partial charge in [0.25, 0.3) is 0 Å². The second-order valence-electron chi connectivity index (χ2n) is 3.92. The molecule has 2 rings (SSSR count). The predicted molar refractivity (Wildman–Crippen MR) is 57.0 cm³/mol. The molecule has 0 atom stereocenters. The van der Waals surface area contributed by atoms with Crippen LogP contribution in [0.1, 0.15) is 35.6 Å². The molecule has 0 aromatic heterocycles. The lowest BCUT2D eigenvalue weighted by molar-refractivity contribution is 0.912. The van der Waals surface area contributed by atoms with Crippen molar-refractivity contribution < 1.29 is 0 Å². The first-order chi connectivity index (χ1) is 6.24. The van der Waals surface area contributed by atoms with Crippen LogP contribution in [0.25, 0.3) is 0 Å². The van der Waals surface area contributed by atoms with E-state index in [2.05, 4.69) is 19.9 Å². The van der Waals surface area contributed by atoms with Crippen molar-refractivity contribution in [2.75, 3.05) is 5.73 Å². The second kappa shape index (κ2) is 3.06. The molecule has 1 aromatic rings. The number of hydrogen-bond acceptors (Lipinski definition) is 1. The summed E-state index contributed by atoms with van der Waals surface area (Å²) in [6.07, 6.45) is 4.80. The number of hydrogen-bond donors (Lipinski definition) is 1. The maximum Gasteiger partial charge on any atom is 0.0381 e. The fraction of sp³-hybridized carbons (Fsp3) is 0.500. The summed E-state index contributed by atoms with van der Waals surface area (Å²) >= 11 is 0. The maximum atomic E-state index is 6.11. The third-order valence-electron chi connectivity index (χ3n) is 3.20. The van der Waals surface area contributed by atoms with E-state index in [1.54, 1.807) is 0 Å². The van der Waals surface area contributed by atoms with Gasteiger partial charge in [-0.25, -0.2) is 0 Å². The quantitative estimate of drug-likeness (QED) is 0.652. The van der Waals surface area contributed by atoms with E-state index in [4.69, 9.17) is 5.73 Å². The lowest BCUT2D eigenvalue weighted by atomic mass is 9.97. The van der Waals surface area contributed by atoms with E-state index in [1.807, 2.05) is 0 Å². The zero-order valence-electron chi connectivity index (χ0n) is 8.48. The number of rotatable bonds is 1. The van der Waals surface area contributed by atoms with Gasteiger partial charge in [0.1, 0.15) is 0 Å². The van der Waals surface area contributed by atoms with Crippen LogP contribution in [0.5, 0.6) is 0 Å². The molecule has 0 radical (unpaired) electrons. The summed E-state index contributed by atoms with van der Waals surface area (Å²) in [5.41, 5.74) is 12.8. The molecule has 0 saturated carbocycles. The Balaban J connectivity index is 2.61. The normalized spacial score (nSPS) is 14.6. The second-order valence-corrected chi connectivity index (χ2v) is 3.92. The third kappa shape index (κ3) is 1.23. The fourth-order valence-corrected chi connectivity index (χ4v) is 2.32. The Labute approximate surface area is 80.0 Å². The van der Waals surface area contributed by atoms with Crippen molar-refractivity contribution >= 4 is 5.69 Å². The Morgan fingerprint density at radius 3 is 2.85 bits per heavy atom. The largest absolute Gasteiger partial charge is 0.398 e. The average Bonchev–Trinajstić information content (AvgIpc) is 2.59. The standard InChI is InChI=1S/C12H17N/c1-3-9-7-10-5-4-6-11(10)12(13)8(9)2/h7H,3-6,13H2,1-2H3. The van der Waals surface area contributed by atoms with Crippen LogP contribution in [-0.2, 0) is 19.3 Å². The summed E-state index contributed by atoms with van der Waals surface area (Å²) in [6, 6.07) is 2.36. The van der Waals surface area contributed by atoms with Crippen LogP contribution < -0.4 is 5.73 Å². The van der Waals surface area contributed by atoms with Gasteiger partial charge in [0, 0.05) is 5.69 Å². The van der Waals surface area contributed by atoms with E-state index in [0.717, 1.165) is 12.1 Å². The molecule has 0 heterocycles. The van der Waals surface area contributed by atoms with E-state index in [1.165, 1.54) is 41.5 Å². The first-order valence-electron chi connectivity index (χ1n) is 5.13. The summed E-state index contributed by atoms with van der Waals surface area (Å²) in [6.45, 7) is 4.34. The lowest BCUT2D eigenvalue weighted by Gasteiger charge is -2.12. The molecule has 2 N–H and O–H groups in total. The van der Waals surface area contributed by atoms with Gasteiger partial charge in [0.15, 0.2) is 0 Å².